The van der Waals surface area contributed by atoms with Crippen molar-refractivity contribution in [1.29, 1.82) is 0 Å². The van der Waals surface area contributed by atoms with Crippen LogP contribution in [0.2, 0.25) is 0 Å². The molecule has 0 radical (unpaired) electrons. The number of aldehydes is 1. The lowest BCUT2D eigenvalue weighted by Gasteiger charge is -2.35. The average molecular weight is 297 g/mol. The van der Waals surface area contributed by atoms with Gasteiger partial charge in [0.15, 0.2) is 0 Å². The lowest BCUT2D eigenvalue weighted by atomic mass is 9.84. The second kappa shape index (κ2) is 5.37. The Labute approximate surface area is 130 Å². The summed E-state index contributed by atoms with van der Waals surface area (Å²) in [5, 5.41) is 0. The van der Waals surface area contributed by atoms with Crippen LogP contribution in [-0.4, -0.2) is 27.6 Å². The molecule has 0 N–H and O–H groups in total. The van der Waals surface area contributed by atoms with Gasteiger partial charge in [-0.15, -0.1) is 0 Å². The third kappa shape index (κ3) is 1.95. The minimum absolute atomic E-state index is 0.332. The minimum Gasteiger partial charge on any atom is -0.497 e. The monoisotopic (exact) mass is 297 g/mol. The van der Waals surface area contributed by atoms with E-state index < -0.39 is 0 Å². The van der Waals surface area contributed by atoms with Crippen molar-refractivity contribution < 1.29 is 14.3 Å². The Morgan fingerprint density at radius 3 is 2.55 bits per heavy atom. The fourth-order valence-electron chi connectivity index (χ4n) is 3.24. The highest BCUT2D eigenvalue weighted by molar-refractivity contribution is 5.88. The number of carbonyl (C=O) groups excluding carboxylic acids is 1. The molecule has 0 saturated heterocycles. The van der Waals surface area contributed by atoms with Gasteiger partial charge in [-0.1, -0.05) is 12.1 Å². The number of hydrogen-bond acceptors (Lipinski definition) is 4. The Hall–Kier alpha value is -2.49. The Kier molecular flexibility index (Phi) is 3.53. The number of methoxy groups -OCH3 is 2. The maximum atomic E-state index is 11.8. The molecule has 22 heavy (non-hydrogen) atoms. The van der Waals surface area contributed by atoms with Gasteiger partial charge in [0.05, 0.1) is 25.8 Å². The molecule has 2 aromatic carbocycles. The van der Waals surface area contributed by atoms with Crippen LogP contribution in [0.4, 0.5) is 11.4 Å². The summed E-state index contributed by atoms with van der Waals surface area (Å²) < 4.78 is 10.8. The van der Waals surface area contributed by atoms with E-state index in [2.05, 4.69) is 4.90 Å². The third-order valence-electron chi connectivity index (χ3n) is 4.32. The van der Waals surface area contributed by atoms with Crippen molar-refractivity contribution in [1.82, 2.24) is 0 Å². The maximum absolute atomic E-state index is 11.8. The van der Waals surface area contributed by atoms with E-state index in [1.807, 2.05) is 44.3 Å². The molecular weight excluding hydrogens is 278 g/mol. The second-order valence-corrected chi connectivity index (χ2v) is 5.44. The molecule has 0 aromatic heterocycles. The molecule has 114 valence electrons. The Balaban J connectivity index is 2.31. The maximum Gasteiger partial charge on any atom is 0.132 e. The first kappa shape index (κ1) is 14.4. The number of ether oxygens (including phenoxy) is 2. The molecule has 4 nitrogen and oxygen atoms in total. The Bertz CT molecular complexity index is 739. The summed E-state index contributed by atoms with van der Waals surface area (Å²) in [5.41, 5.74) is 5.02. The lowest BCUT2D eigenvalue weighted by molar-refractivity contribution is -0.108. The zero-order valence-corrected chi connectivity index (χ0v) is 13.2. The lowest BCUT2D eigenvalue weighted by Crippen LogP contribution is -2.24. The van der Waals surface area contributed by atoms with E-state index in [4.69, 9.17) is 9.47 Å². The molecule has 0 aliphatic carbocycles. The van der Waals surface area contributed by atoms with Crippen LogP contribution >= 0.6 is 0 Å². The van der Waals surface area contributed by atoms with Crippen LogP contribution < -0.4 is 14.4 Å². The van der Waals surface area contributed by atoms with Gasteiger partial charge in [-0.3, -0.25) is 0 Å². The summed E-state index contributed by atoms with van der Waals surface area (Å²) in [5.74, 6) is 1.19. The molecule has 0 amide bonds. The highest BCUT2D eigenvalue weighted by Gasteiger charge is 2.32. The van der Waals surface area contributed by atoms with Crippen molar-refractivity contribution in [2.75, 3.05) is 26.2 Å². The van der Waals surface area contributed by atoms with Crippen molar-refractivity contribution in [3.63, 3.8) is 0 Å². The van der Waals surface area contributed by atoms with Gasteiger partial charge in [0.1, 0.15) is 17.8 Å². The predicted octanol–water partition coefficient (Wildman–Crippen LogP) is 3.42. The summed E-state index contributed by atoms with van der Waals surface area (Å²) >= 11 is 0. The zero-order chi connectivity index (χ0) is 15.9. The number of rotatable bonds is 3. The van der Waals surface area contributed by atoms with Gasteiger partial charge in [-0.05, 0) is 30.2 Å². The molecule has 0 saturated carbocycles. The molecule has 1 aliphatic heterocycles. The van der Waals surface area contributed by atoms with E-state index in [-0.39, 0.29) is 5.92 Å². The van der Waals surface area contributed by atoms with E-state index >= 15 is 0 Å². The van der Waals surface area contributed by atoms with Crippen LogP contribution in [0.1, 0.15) is 22.6 Å². The van der Waals surface area contributed by atoms with Gasteiger partial charge in [0.2, 0.25) is 0 Å². The van der Waals surface area contributed by atoms with Crippen molar-refractivity contribution in [3.8, 4) is 11.5 Å². The number of hydrogen-bond donors (Lipinski definition) is 0. The number of aryl methyl sites for hydroxylation is 1. The second-order valence-electron chi connectivity index (χ2n) is 5.44. The molecule has 4 heteroatoms. The van der Waals surface area contributed by atoms with Gasteiger partial charge < -0.3 is 19.2 Å². The fourth-order valence-corrected chi connectivity index (χ4v) is 3.24. The molecule has 1 heterocycles. The van der Waals surface area contributed by atoms with Gasteiger partial charge in [-0.25, -0.2) is 0 Å². The topological polar surface area (TPSA) is 38.8 Å². The van der Waals surface area contributed by atoms with Crippen LogP contribution in [0.3, 0.4) is 0 Å². The summed E-state index contributed by atoms with van der Waals surface area (Å²) in [7, 11) is 5.28. The molecule has 1 aliphatic rings. The molecule has 3 rings (SSSR count). The molecule has 1 unspecified atom stereocenters. The number of nitrogens with zero attached hydrogens (tertiary/aromatic N) is 1. The number of carbonyl (C=O) groups is 1. The van der Waals surface area contributed by atoms with E-state index in [9.17, 15) is 4.79 Å². The van der Waals surface area contributed by atoms with Crippen molar-refractivity contribution in [2.45, 2.75) is 12.8 Å². The molecule has 2 aromatic rings. The van der Waals surface area contributed by atoms with Crippen LogP contribution in [0.25, 0.3) is 0 Å². The van der Waals surface area contributed by atoms with Crippen molar-refractivity contribution in [2.24, 2.45) is 0 Å². The van der Waals surface area contributed by atoms with E-state index in [0.717, 1.165) is 45.9 Å². The van der Waals surface area contributed by atoms with Gasteiger partial charge in [0, 0.05) is 24.4 Å². The molecular formula is C18H19NO3. The molecule has 0 spiro atoms. The number of fused-ring (bicyclic) bond motifs is 2. The zero-order valence-electron chi connectivity index (χ0n) is 13.2. The molecule has 0 fully saturated rings. The summed E-state index contributed by atoms with van der Waals surface area (Å²) in [6.07, 6.45) is 0.985. The van der Waals surface area contributed by atoms with Crippen LogP contribution in [0.5, 0.6) is 11.5 Å². The first-order valence-corrected chi connectivity index (χ1v) is 7.16. The predicted molar refractivity (Wildman–Crippen MR) is 86.7 cm³/mol. The van der Waals surface area contributed by atoms with E-state index in [1.54, 1.807) is 14.2 Å². The molecule has 1 atom stereocenters. The minimum atomic E-state index is -0.332. The summed E-state index contributed by atoms with van der Waals surface area (Å²) in [4.78, 5) is 13.9. The normalized spacial score (nSPS) is 15.8. The smallest absolute Gasteiger partial charge is 0.132 e. The van der Waals surface area contributed by atoms with Gasteiger partial charge in [-0.2, -0.15) is 0 Å². The third-order valence-corrected chi connectivity index (χ3v) is 4.32. The van der Waals surface area contributed by atoms with E-state index in [1.165, 1.54) is 0 Å². The van der Waals surface area contributed by atoms with Crippen LogP contribution in [0.15, 0.2) is 30.3 Å². The average Bonchev–Trinajstić information content (AvgIpc) is 2.55. The van der Waals surface area contributed by atoms with Gasteiger partial charge in [0.25, 0.3) is 0 Å². The fraction of sp³-hybridized carbons (Fsp3) is 0.278. The van der Waals surface area contributed by atoms with Crippen LogP contribution in [-0.2, 0) is 4.79 Å². The number of benzene rings is 2. The first-order valence-electron chi connectivity index (χ1n) is 7.16. The highest BCUT2D eigenvalue weighted by atomic mass is 16.5. The Morgan fingerprint density at radius 1 is 1.14 bits per heavy atom. The standard InChI is InChI=1S/C18H19NO3/c1-11-5-8-16(22-4)17-14(10-20)13-7-6-12(21-3)9-15(13)19(2)18(11)17/h5-10,14H,1-4H3. The summed E-state index contributed by atoms with van der Waals surface area (Å²) in [6.45, 7) is 2.04. The van der Waals surface area contributed by atoms with Gasteiger partial charge >= 0.3 is 0 Å². The Morgan fingerprint density at radius 2 is 1.91 bits per heavy atom. The SMILES string of the molecule is COc1ccc2c(c1)N(C)c1c(C)ccc(OC)c1C2C=O. The van der Waals surface area contributed by atoms with Crippen LogP contribution in [0, 0.1) is 6.92 Å². The molecule has 0 bridgehead atoms. The largest absolute Gasteiger partial charge is 0.497 e. The van der Waals surface area contributed by atoms with E-state index in [0.29, 0.717) is 0 Å². The first-order chi connectivity index (χ1) is 10.6. The van der Waals surface area contributed by atoms with Crippen molar-refractivity contribution >= 4 is 17.7 Å². The summed E-state index contributed by atoms with van der Waals surface area (Å²) in [6, 6.07) is 9.74. The van der Waals surface area contributed by atoms with Crippen molar-refractivity contribution in [3.05, 3.63) is 47.0 Å². The highest BCUT2D eigenvalue weighted by Crippen LogP contribution is 2.49. The number of anilines is 2. The quantitative estimate of drug-likeness (QED) is 0.814.